The van der Waals surface area contributed by atoms with Crippen LogP contribution in [0.5, 0.6) is 0 Å². The molecular formula is C13H9F3N8. The fourth-order valence-corrected chi connectivity index (χ4v) is 2.31. The summed E-state index contributed by atoms with van der Waals surface area (Å²) in [6.45, 7) is 1.79. The van der Waals surface area contributed by atoms with Gasteiger partial charge in [0.25, 0.3) is 0 Å². The topological polar surface area (TPSA) is 100 Å². The van der Waals surface area contributed by atoms with Crippen LogP contribution in [-0.2, 0) is 6.18 Å². The Labute approximate surface area is 131 Å². The lowest BCUT2D eigenvalue weighted by Crippen LogP contribution is -2.07. The Bertz CT molecular complexity index is 1010. The number of nitrogens with one attached hydrogen (secondary N) is 2. The molecule has 0 radical (unpaired) electrons. The first kappa shape index (κ1) is 14.4. The standard InChI is InChI=1S/C13H9F3N8/c1-6-2-3-24-9(7-4-17-5-18-7)8(20-12(24)19-6)10-21-11(23-22-10)13(14,15)16/h2-5H,1H3,(H,17,18)(H,21,22,23). The average Bonchev–Trinajstić information content (AvgIpc) is 3.24. The fourth-order valence-electron chi connectivity index (χ4n) is 2.31. The van der Waals surface area contributed by atoms with Crippen LogP contribution < -0.4 is 0 Å². The molecule has 0 atom stereocenters. The third-order valence-electron chi connectivity index (χ3n) is 3.35. The number of nitrogens with zero attached hydrogens (tertiary/aromatic N) is 6. The molecule has 0 bridgehead atoms. The van der Waals surface area contributed by atoms with E-state index in [1.54, 1.807) is 23.6 Å². The van der Waals surface area contributed by atoms with Crippen molar-refractivity contribution >= 4 is 5.78 Å². The van der Waals surface area contributed by atoms with E-state index in [1.165, 1.54) is 12.5 Å². The van der Waals surface area contributed by atoms with Crippen molar-refractivity contribution < 1.29 is 13.2 Å². The molecule has 4 rings (SSSR count). The highest BCUT2D eigenvalue weighted by Gasteiger charge is 2.36. The Morgan fingerprint density at radius 1 is 1.17 bits per heavy atom. The molecule has 0 fully saturated rings. The van der Waals surface area contributed by atoms with Gasteiger partial charge < -0.3 is 4.98 Å². The molecule has 11 heteroatoms. The van der Waals surface area contributed by atoms with E-state index in [-0.39, 0.29) is 11.5 Å². The van der Waals surface area contributed by atoms with Crippen molar-refractivity contribution in [3.63, 3.8) is 0 Å². The molecule has 0 aliphatic rings. The highest BCUT2D eigenvalue weighted by atomic mass is 19.4. The molecule has 0 aromatic carbocycles. The number of aromatic nitrogens is 8. The van der Waals surface area contributed by atoms with E-state index in [0.29, 0.717) is 17.2 Å². The van der Waals surface area contributed by atoms with E-state index < -0.39 is 12.0 Å². The van der Waals surface area contributed by atoms with Crippen LogP contribution in [-0.4, -0.2) is 39.5 Å². The van der Waals surface area contributed by atoms with Crippen molar-refractivity contribution in [2.75, 3.05) is 0 Å². The van der Waals surface area contributed by atoms with Gasteiger partial charge in [0, 0.05) is 11.9 Å². The lowest BCUT2D eigenvalue weighted by Gasteiger charge is -2.01. The van der Waals surface area contributed by atoms with Crippen LogP contribution in [0.2, 0.25) is 0 Å². The summed E-state index contributed by atoms with van der Waals surface area (Å²) < 4.78 is 39.9. The van der Waals surface area contributed by atoms with Gasteiger partial charge in [-0.15, -0.1) is 0 Å². The molecule has 2 N–H and O–H groups in total. The fraction of sp³-hybridized carbons (Fsp3) is 0.154. The summed E-state index contributed by atoms with van der Waals surface area (Å²) in [5, 5.41) is 5.54. The molecule has 4 aromatic heterocycles. The first-order valence-corrected chi connectivity index (χ1v) is 6.78. The van der Waals surface area contributed by atoms with Crippen molar-refractivity contribution in [3.05, 3.63) is 36.3 Å². The van der Waals surface area contributed by atoms with Crippen LogP contribution >= 0.6 is 0 Å². The number of rotatable bonds is 2. The van der Waals surface area contributed by atoms with Gasteiger partial charge in [-0.1, -0.05) is 0 Å². The maximum absolute atomic E-state index is 12.8. The van der Waals surface area contributed by atoms with Crippen LogP contribution in [0.1, 0.15) is 11.5 Å². The maximum atomic E-state index is 12.8. The minimum Gasteiger partial charge on any atom is -0.343 e. The lowest BCUT2D eigenvalue weighted by atomic mass is 10.2. The van der Waals surface area contributed by atoms with Gasteiger partial charge in [0.15, 0.2) is 0 Å². The molecule has 0 unspecified atom stereocenters. The molecule has 4 heterocycles. The summed E-state index contributed by atoms with van der Waals surface area (Å²) in [7, 11) is 0. The third-order valence-corrected chi connectivity index (χ3v) is 3.35. The monoisotopic (exact) mass is 334 g/mol. The van der Waals surface area contributed by atoms with E-state index in [0.717, 1.165) is 5.69 Å². The maximum Gasteiger partial charge on any atom is 0.451 e. The molecule has 4 aromatic rings. The Morgan fingerprint density at radius 3 is 2.67 bits per heavy atom. The number of alkyl halides is 3. The van der Waals surface area contributed by atoms with Crippen molar-refractivity contribution in [1.82, 2.24) is 39.5 Å². The first-order valence-electron chi connectivity index (χ1n) is 6.78. The molecular weight excluding hydrogens is 325 g/mol. The van der Waals surface area contributed by atoms with E-state index in [1.807, 2.05) is 5.10 Å². The lowest BCUT2D eigenvalue weighted by molar-refractivity contribution is -0.144. The summed E-state index contributed by atoms with van der Waals surface area (Å²) in [6, 6.07) is 1.76. The molecule has 8 nitrogen and oxygen atoms in total. The zero-order valence-corrected chi connectivity index (χ0v) is 12.1. The summed E-state index contributed by atoms with van der Waals surface area (Å²) in [5.41, 5.74) is 1.93. The summed E-state index contributed by atoms with van der Waals surface area (Å²) >= 11 is 0. The molecule has 0 spiro atoms. The van der Waals surface area contributed by atoms with E-state index in [2.05, 4.69) is 30.0 Å². The quantitative estimate of drug-likeness (QED) is 0.585. The SMILES string of the molecule is Cc1ccn2c(-c3cnc[nH]3)c(-c3n[nH]c(C(F)(F)F)n3)nc2n1. The van der Waals surface area contributed by atoms with Gasteiger partial charge in [-0.25, -0.2) is 19.9 Å². The molecule has 0 aliphatic carbocycles. The van der Waals surface area contributed by atoms with Gasteiger partial charge in [-0.3, -0.25) is 9.50 Å². The smallest absolute Gasteiger partial charge is 0.343 e. The number of hydrogen-bond acceptors (Lipinski definition) is 5. The van der Waals surface area contributed by atoms with Crippen LogP contribution in [0.15, 0.2) is 24.8 Å². The largest absolute Gasteiger partial charge is 0.451 e. The zero-order chi connectivity index (χ0) is 16.9. The zero-order valence-electron chi connectivity index (χ0n) is 12.1. The van der Waals surface area contributed by atoms with Gasteiger partial charge >= 0.3 is 6.18 Å². The van der Waals surface area contributed by atoms with Crippen LogP contribution in [0.3, 0.4) is 0 Å². The number of halogens is 3. The number of aryl methyl sites for hydroxylation is 1. The highest BCUT2D eigenvalue weighted by Crippen LogP contribution is 2.32. The number of hydrogen-bond donors (Lipinski definition) is 2. The first-order chi connectivity index (χ1) is 11.4. The highest BCUT2D eigenvalue weighted by molar-refractivity contribution is 5.76. The predicted molar refractivity (Wildman–Crippen MR) is 75.7 cm³/mol. The van der Waals surface area contributed by atoms with Crippen LogP contribution in [0.4, 0.5) is 13.2 Å². The molecule has 0 saturated carbocycles. The summed E-state index contributed by atoms with van der Waals surface area (Å²) in [4.78, 5) is 18.9. The van der Waals surface area contributed by atoms with Crippen molar-refractivity contribution in [3.8, 4) is 22.9 Å². The van der Waals surface area contributed by atoms with Gasteiger partial charge in [0.1, 0.15) is 11.4 Å². The van der Waals surface area contributed by atoms with Crippen molar-refractivity contribution in [2.45, 2.75) is 13.1 Å². The van der Waals surface area contributed by atoms with Gasteiger partial charge in [0.05, 0.1) is 18.2 Å². The van der Waals surface area contributed by atoms with E-state index in [4.69, 9.17) is 0 Å². The molecule has 0 aliphatic heterocycles. The number of imidazole rings is 2. The van der Waals surface area contributed by atoms with Gasteiger partial charge in [-0.2, -0.15) is 18.3 Å². The Kier molecular flexibility index (Phi) is 2.92. The van der Waals surface area contributed by atoms with Gasteiger partial charge in [-0.05, 0) is 13.0 Å². The average molecular weight is 334 g/mol. The van der Waals surface area contributed by atoms with Crippen LogP contribution in [0, 0.1) is 6.92 Å². The molecule has 0 saturated heterocycles. The summed E-state index contributed by atoms with van der Waals surface area (Å²) in [5.74, 6) is -1.03. The second-order valence-corrected chi connectivity index (χ2v) is 5.02. The number of aromatic amines is 2. The Balaban J connectivity index is 1.98. The van der Waals surface area contributed by atoms with Crippen molar-refractivity contribution in [2.24, 2.45) is 0 Å². The number of H-pyrrole nitrogens is 2. The number of fused-ring (bicyclic) bond motifs is 1. The Hall–Kier alpha value is -3.24. The predicted octanol–water partition coefficient (Wildman–Crippen LogP) is 2.23. The Morgan fingerprint density at radius 2 is 2.00 bits per heavy atom. The van der Waals surface area contributed by atoms with E-state index >= 15 is 0 Å². The normalized spacial score (nSPS) is 12.2. The van der Waals surface area contributed by atoms with Crippen molar-refractivity contribution in [1.29, 1.82) is 0 Å². The van der Waals surface area contributed by atoms with E-state index in [9.17, 15) is 13.2 Å². The minimum absolute atomic E-state index is 0.170. The molecule has 0 amide bonds. The second kappa shape index (κ2) is 4.88. The molecule has 122 valence electrons. The molecule has 24 heavy (non-hydrogen) atoms. The second-order valence-electron chi connectivity index (χ2n) is 5.02. The third kappa shape index (κ3) is 2.21. The van der Waals surface area contributed by atoms with Gasteiger partial charge in [0.2, 0.25) is 17.4 Å². The minimum atomic E-state index is -4.62. The van der Waals surface area contributed by atoms with Crippen LogP contribution in [0.25, 0.3) is 28.7 Å². The summed E-state index contributed by atoms with van der Waals surface area (Å²) in [6.07, 6.45) is 0.0957.